The lowest BCUT2D eigenvalue weighted by molar-refractivity contribution is -0.144. The second-order valence-electron chi connectivity index (χ2n) is 7.26. The van der Waals surface area contributed by atoms with E-state index in [0.717, 1.165) is 6.42 Å². The normalized spacial score (nSPS) is 29.3. The molecule has 2 saturated heterocycles. The van der Waals surface area contributed by atoms with Gasteiger partial charge in [0, 0.05) is 25.6 Å². The molecule has 1 aromatic carbocycles. The van der Waals surface area contributed by atoms with Crippen LogP contribution < -0.4 is 0 Å². The molecule has 1 aromatic rings. The first-order valence-corrected chi connectivity index (χ1v) is 8.90. The summed E-state index contributed by atoms with van der Waals surface area (Å²) in [5, 5.41) is 10.0. The quantitative estimate of drug-likeness (QED) is 0.902. The molecular weight excluding hydrogens is 323 g/mol. The van der Waals surface area contributed by atoms with Crippen LogP contribution in [0.15, 0.2) is 24.3 Å². The van der Waals surface area contributed by atoms with E-state index < -0.39 is 18.0 Å². The van der Waals surface area contributed by atoms with Gasteiger partial charge in [-0.25, -0.2) is 4.39 Å². The van der Waals surface area contributed by atoms with Crippen LogP contribution in [0.25, 0.3) is 0 Å². The third kappa shape index (κ3) is 3.54. The van der Waals surface area contributed by atoms with Crippen LogP contribution in [-0.2, 0) is 16.0 Å². The van der Waals surface area contributed by atoms with Crippen LogP contribution in [0, 0.1) is 11.7 Å². The molecule has 1 N–H and O–H groups in total. The van der Waals surface area contributed by atoms with Gasteiger partial charge in [0.1, 0.15) is 11.9 Å². The number of hydrogen-bond acceptors (Lipinski definition) is 3. The maximum atomic E-state index is 13.8. The van der Waals surface area contributed by atoms with E-state index >= 15 is 0 Å². The summed E-state index contributed by atoms with van der Waals surface area (Å²) in [7, 11) is 0. The highest BCUT2D eigenvalue weighted by Gasteiger charge is 2.43. The van der Waals surface area contributed by atoms with Gasteiger partial charge in [0.15, 0.2) is 0 Å². The number of amides is 2. The smallest absolute Gasteiger partial charge is 0.245 e. The Morgan fingerprint density at radius 3 is 2.60 bits per heavy atom. The minimum absolute atomic E-state index is 0.102. The van der Waals surface area contributed by atoms with Gasteiger partial charge in [0.05, 0.1) is 12.5 Å². The van der Waals surface area contributed by atoms with Crippen LogP contribution in [0.3, 0.4) is 0 Å². The molecule has 2 aliphatic rings. The van der Waals surface area contributed by atoms with E-state index in [1.54, 1.807) is 18.2 Å². The van der Waals surface area contributed by atoms with Gasteiger partial charge < -0.3 is 14.9 Å². The van der Waals surface area contributed by atoms with Crippen molar-refractivity contribution < 1.29 is 19.1 Å². The van der Waals surface area contributed by atoms with Gasteiger partial charge in [0.2, 0.25) is 11.8 Å². The number of carbonyl (C=O) groups is 2. The molecule has 5 nitrogen and oxygen atoms in total. The molecule has 136 valence electrons. The van der Waals surface area contributed by atoms with Crippen molar-refractivity contribution in [1.29, 1.82) is 0 Å². The number of nitrogens with zero attached hydrogens (tertiary/aromatic N) is 2. The summed E-state index contributed by atoms with van der Waals surface area (Å²) in [6.07, 6.45) is 0.383. The zero-order valence-electron chi connectivity index (χ0n) is 14.7. The lowest BCUT2D eigenvalue weighted by Gasteiger charge is -2.30. The Labute approximate surface area is 147 Å². The van der Waals surface area contributed by atoms with E-state index in [2.05, 4.69) is 6.92 Å². The molecule has 4 atom stereocenters. The number of aliphatic hydroxyl groups excluding tert-OH is 1. The molecule has 0 saturated carbocycles. The molecule has 2 heterocycles. The molecule has 0 spiro atoms. The Morgan fingerprint density at radius 2 is 1.96 bits per heavy atom. The molecule has 0 radical (unpaired) electrons. The fraction of sp³-hybridized carbons (Fsp3) is 0.579. The Kier molecular flexibility index (Phi) is 5.08. The van der Waals surface area contributed by atoms with Crippen LogP contribution in [0.1, 0.15) is 32.3 Å². The number of hydrogen-bond donors (Lipinski definition) is 1. The first-order valence-electron chi connectivity index (χ1n) is 8.90. The molecule has 0 aromatic heterocycles. The van der Waals surface area contributed by atoms with E-state index in [9.17, 15) is 19.1 Å². The molecule has 4 unspecified atom stereocenters. The lowest BCUT2D eigenvalue weighted by Crippen LogP contribution is -2.49. The number of benzene rings is 1. The molecule has 0 aliphatic carbocycles. The number of β-amino-alcohol motifs (C(OH)–C–C–N with tert-alkyl or cyclic N) is 1. The Balaban J connectivity index is 1.74. The van der Waals surface area contributed by atoms with Crippen LogP contribution >= 0.6 is 0 Å². The van der Waals surface area contributed by atoms with Crippen molar-refractivity contribution in [2.24, 2.45) is 5.92 Å². The average molecular weight is 348 g/mol. The van der Waals surface area contributed by atoms with E-state index in [-0.39, 0.29) is 37.2 Å². The van der Waals surface area contributed by atoms with Crippen LogP contribution in [-0.4, -0.2) is 58.0 Å². The van der Waals surface area contributed by atoms with Crippen molar-refractivity contribution in [2.45, 2.75) is 51.3 Å². The monoisotopic (exact) mass is 348 g/mol. The first kappa shape index (κ1) is 17.9. The fourth-order valence-electron chi connectivity index (χ4n) is 3.83. The van der Waals surface area contributed by atoms with Crippen molar-refractivity contribution in [3.8, 4) is 0 Å². The van der Waals surface area contributed by atoms with Gasteiger partial charge in [0.25, 0.3) is 0 Å². The Bertz CT molecular complexity index is 666. The summed E-state index contributed by atoms with van der Waals surface area (Å²) >= 11 is 0. The molecule has 0 bridgehead atoms. The van der Waals surface area contributed by atoms with Gasteiger partial charge >= 0.3 is 0 Å². The summed E-state index contributed by atoms with van der Waals surface area (Å²) in [6, 6.07) is 5.62. The predicted molar refractivity (Wildman–Crippen MR) is 91.2 cm³/mol. The highest BCUT2D eigenvalue weighted by molar-refractivity contribution is 5.89. The van der Waals surface area contributed by atoms with Gasteiger partial charge in [-0.2, -0.15) is 0 Å². The van der Waals surface area contributed by atoms with Crippen LogP contribution in [0.4, 0.5) is 4.39 Å². The first-order chi connectivity index (χ1) is 11.9. The molecular formula is C19H25FN2O3. The van der Waals surface area contributed by atoms with Gasteiger partial charge in [-0.1, -0.05) is 25.1 Å². The summed E-state index contributed by atoms with van der Waals surface area (Å²) in [6.45, 7) is 4.94. The maximum Gasteiger partial charge on any atom is 0.245 e. The topological polar surface area (TPSA) is 60.9 Å². The largest absolute Gasteiger partial charge is 0.391 e. The lowest BCUT2D eigenvalue weighted by atomic mass is 10.0. The number of carbonyl (C=O) groups excluding carboxylic acids is 2. The summed E-state index contributed by atoms with van der Waals surface area (Å²) < 4.78 is 13.8. The molecule has 3 rings (SSSR count). The third-order valence-corrected chi connectivity index (χ3v) is 5.61. The SMILES string of the molecule is CC1CCN(C(=O)C2CC(O)CN2C(=O)Cc2ccccc2F)C1C. The van der Waals surface area contributed by atoms with Crippen molar-refractivity contribution in [3.63, 3.8) is 0 Å². The summed E-state index contributed by atoms with van der Waals surface area (Å²) in [4.78, 5) is 28.8. The molecule has 25 heavy (non-hydrogen) atoms. The average Bonchev–Trinajstić information content (AvgIpc) is 3.13. The number of halogens is 1. The number of aliphatic hydroxyl groups is 1. The van der Waals surface area contributed by atoms with Crippen LogP contribution in [0.2, 0.25) is 0 Å². The molecule has 2 amide bonds. The zero-order valence-corrected chi connectivity index (χ0v) is 14.7. The summed E-state index contributed by atoms with van der Waals surface area (Å²) in [5.74, 6) is -0.423. The molecule has 6 heteroatoms. The molecule has 2 aliphatic heterocycles. The summed E-state index contributed by atoms with van der Waals surface area (Å²) in [5.41, 5.74) is 0.309. The van der Waals surface area contributed by atoms with Crippen molar-refractivity contribution in [3.05, 3.63) is 35.6 Å². The van der Waals surface area contributed by atoms with E-state index in [0.29, 0.717) is 18.0 Å². The minimum Gasteiger partial charge on any atom is -0.391 e. The van der Waals surface area contributed by atoms with Crippen LogP contribution in [0.5, 0.6) is 0 Å². The van der Waals surface area contributed by atoms with Crippen molar-refractivity contribution >= 4 is 11.8 Å². The molecule has 2 fully saturated rings. The van der Waals surface area contributed by atoms with E-state index in [4.69, 9.17) is 0 Å². The van der Waals surface area contributed by atoms with Gasteiger partial charge in [-0.15, -0.1) is 0 Å². The van der Waals surface area contributed by atoms with E-state index in [1.807, 2.05) is 11.8 Å². The highest BCUT2D eigenvalue weighted by atomic mass is 19.1. The highest BCUT2D eigenvalue weighted by Crippen LogP contribution is 2.28. The number of rotatable bonds is 3. The second kappa shape index (κ2) is 7.12. The van der Waals surface area contributed by atoms with Crippen molar-refractivity contribution in [1.82, 2.24) is 9.80 Å². The minimum atomic E-state index is -0.714. The predicted octanol–water partition coefficient (Wildman–Crippen LogP) is 1.59. The third-order valence-electron chi connectivity index (χ3n) is 5.61. The second-order valence-corrected chi connectivity index (χ2v) is 7.26. The Hall–Kier alpha value is -1.95. The standard InChI is InChI=1S/C19H25FN2O3/c1-12-7-8-21(13(12)2)19(25)17-10-15(23)11-22(17)18(24)9-14-5-3-4-6-16(14)20/h3-6,12-13,15,17,23H,7-11H2,1-2H3. The van der Waals surface area contributed by atoms with Crippen molar-refractivity contribution in [2.75, 3.05) is 13.1 Å². The fourth-order valence-corrected chi connectivity index (χ4v) is 3.83. The van der Waals surface area contributed by atoms with Gasteiger partial charge in [-0.3, -0.25) is 9.59 Å². The van der Waals surface area contributed by atoms with Gasteiger partial charge in [-0.05, 0) is 30.9 Å². The number of likely N-dealkylation sites (tertiary alicyclic amines) is 2. The maximum absolute atomic E-state index is 13.8. The Morgan fingerprint density at radius 1 is 1.24 bits per heavy atom. The zero-order chi connectivity index (χ0) is 18.1. The van der Waals surface area contributed by atoms with E-state index in [1.165, 1.54) is 11.0 Å².